The molecular formula is C20H37NO. The molecule has 2 heteroatoms. The Kier molecular flexibility index (Phi) is 17.3. The lowest BCUT2D eigenvalue weighted by Crippen LogP contribution is -2.09. The first kappa shape index (κ1) is 21.0. The second-order valence-corrected chi connectivity index (χ2v) is 6.31. The highest BCUT2D eigenvalue weighted by molar-refractivity contribution is 5.73. The Morgan fingerprint density at radius 1 is 0.682 bits per heavy atom. The van der Waals surface area contributed by atoms with E-state index in [0.29, 0.717) is 6.42 Å². The number of carbonyl (C=O) groups is 1. The third-order valence-electron chi connectivity index (χ3n) is 4.01. The van der Waals surface area contributed by atoms with Crippen LogP contribution in [0.4, 0.5) is 0 Å². The minimum absolute atomic E-state index is 0.220. The molecule has 0 bridgehead atoms. The van der Waals surface area contributed by atoms with Crippen molar-refractivity contribution in [3.63, 3.8) is 0 Å². The molecule has 128 valence electrons. The molecule has 0 aliphatic carbocycles. The first-order valence-electron chi connectivity index (χ1n) is 9.51. The van der Waals surface area contributed by atoms with Gasteiger partial charge in [0.05, 0.1) is 0 Å². The molecule has 0 aliphatic rings. The number of unbranched alkanes of at least 4 members (excludes halogenated alkanes) is 13. The molecule has 22 heavy (non-hydrogen) atoms. The van der Waals surface area contributed by atoms with E-state index in [1.165, 1.54) is 77.0 Å². The summed E-state index contributed by atoms with van der Waals surface area (Å²) < 4.78 is 0. The van der Waals surface area contributed by atoms with Crippen molar-refractivity contribution in [3.05, 3.63) is 0 Å². The van der Waals surface area contributed by atoms with Crippen LogP contribution in [0.1, 0.15) is 110 Å². The number of amides is 1. The molecule has 0 saturated heterocycles. The van der Waals surface area contributed by atoms with Crippen LogP contribution in [0.2, 0.25) is 0 Å². The van der Waals surface area contributed by atoms with Crippen molar-refractivity contribution in [1.29, 1.82) is 0 Å². The molecule has 2 N–H and O–H groups in total. The van der Waals surface area contributed by atoms with Gasteiger partial charge in [-0.1, -0.05) is 77.6 Å². The largest absolute Gasteiger partial charge is 0.370 e. The van der Waals surface area contributed by atoms with Crippen molar-refractivity contribution >= 4 is 5.91 Å². The molecule has 0 saturated carbocycles. The highest BCUT2D eigenvalue weighted by atomic mass is 16.1. The Hall–Kier alpha value is -0.970. The van der Waals surface area contributed by atoms with Crippen molar-refractivity contribution in [2.75, 3.05) is 0 Å². The third kappa shape index (κ3) is 19.0. The van der Waals surface area contributed by atoms with E-state index in [4.69, 9.17) is 5.73 Å². The van der Waals surface area contributed by atoms with Gasteiger partial charge in [-0.2, -0.15) is 0 Å². The van der Waals surface area contributed by atoms with E-state index in [-0.39, 0.29) is 5.91 Å². The van der Waals surface area contributed by atoms with Crippen LogP contribution in [0.5, 0.6) is 0 Å². The summed E-state index contributed by atoms with van der Waals surface area (Å²) in [5, 5.41) is 0. The van der Waals surface area contributed by atoms with Gasteiger partial charge >= 0.3 is 0 Å². The maximum atomic E-state index is 10.5. The second kappa shape index (κ2) is 18.1. The fourth-order valence-corrected chi connectivity index (χ4v) is 2.58. The van der Waals surface area contributed by atoms with Gasteiger partial charge in [0.15, 0.2) is 0 Å². The first-order chi connectivity index (χ1) is 10.8. The van der Waals surface area contributed by atoms with E-state index >= 15 is 0 Å². The minimum Gasteiger partial charge on any atom is -0.370 e. The minimum atomic E-state index is -0.220. The standard InChI is InChI=1S/C20H37NO/c1-2-3-4-5-6-7-8-9-10-11-12-13-14-15-16-17-18-19-20(21)22/h2-14,17-19H2,1H3,(H2,21,22). The van der Waals surface area contributed by atoms with Gasteiger partial charge < -0.3 is 5.73 Å². The summed E-state index contributed by atoms with van der Waals surface area (Å²) in [6.45, 7) is 2.27. The predicted molar refractivity (Wildman–Crippen MR) is 96.5 cm³/mol. The Morgan fingerprint density at radius 3 is 1.55 bits per heavy atom. The molecule has 0 atom stereocenters. The third-order valence-corrected chi connectivity index (χ3v) is 4.01. The van der Waals surface area contributed by atoms with E-state index in [9.17, 15) is 4.79 Å². The number of nitrogens with two attached hydrogens (primary N) is 1. The number of rotatable bonds is 15. The van der Waals surface area contributed by atoms with E-state index in [2.05, 4.69) is 18.8 Å². The van der Waals surface area contributed by atoms with Crippen LogP contribution in [0, 0.1) is 11.8 Å². The summed E-state index contributed by atoms with van der Waals surface area (Å²) >= 11 is 0. The van der Waals surface area contributed by atoms with Crippen molar-refractivity contribution in [3.8, 4) is 11.8 Å². The molecule has 0 rings (SSSR count). The average Bonchev–Trinajstić information content (AvgIpc) is 2.50. The van der Waals surface area contributed by atoms with Crippen molar-refractivity contribution in [2.24, 2.45) is 5.73 Å². The van der Waals surface area contributed by atoms with Gasteiger partial charge in [0.1, 0.15) is 0 Å². The van der Waals surface area contributed by atoms with Crippen LogP contribution < -0.4 is 5.73 Å². The molecule has 2 nitrogen and oxygen atoms in total. The summed E-state index contributed by atoms with van der Waals surface area (Å²) in [6, 6.07) is 0. The summed E-state index contributed by atoms with van der Waals surface area (Å²) in [6.07, 6.45) is 19.7. The van der Waals surface area contributed by atoms with Gasteiger partial charge in [-0.05, 0) is 12.8 Å². The van der Waals surface area contributed by atoms with Crippen LogP contribution in [0.25, 0.3) is 0 Å². The van der Waals surface area contributed by atoms with Gasteiger partial charge in [0, 0.05) is 19.3 Å². The molecule has 0 spiro atoms. The summed E-state index contributed by atoms with van der Waals surface area (Å²) in [7, 11) is 0. The van der Waals surface area contributed by atoms with Crippen LogP contribution in [-0.4, -0.2) is 5.91 Å². The monoisotopic (exact) mass is 307 g/mol. The zero-order valence-electron chi connectivity index (χ0n) is 14.8. The number of hydrogen-bond acceptors (Lipinski definition) is 1. The van der Waals surface area contributed by atoms with Gasteiger partial charge in [-0.25, -0.2) is 0 Å². The average molecular weight is 308 g/mol. The number of carbonyl (C=O) groups excluding carboxylic acids is 1. The van der Waals surface area contributed by atoms with Crippen molar-refractivity contribution < 1.29 is 4.79 Å². The second-order valence-electron chi connectivity index (χ2n) is 6.31. The van der Waals surface area contributed by atoms with Crippen LogP contribution in [0.15, 0.2) is 0 Å². The van der Waals surface area contributed by atoms with Gasteiger partial charge in [-0.15, -0.1) is 11.8 Å². The van der Waals surface area contributed by atoms with E-state index in [1.54, 1.807) is 0 Å². The Bertz CT molecular complexity index is 301. The van der Waals surface area contributed by atoms with Crippen LogP contribution in [-0.2, 0) is 4.79 Å². The molecule has 0 aromatic carbocycles. The summed E-state index contributed by atoms with van der Waals surface area (Å²) in [5.41, 5.74) is 5.07. The summed E-state index contributed by atoms with van der Waals surface area (Å²) in [5.74, 6) is 6.10. The normalized spacial score (nSPS) is 10.2. The fraction of sp³-hybridized carbons (Fsp3) is 0.850. The van der Waals surface area contributed by atoms with E-state index in [0.717, 1.165) is 19.3 Å². The van der Waals surface area contributed by atoms with Gasteiger partial charge in [0.25, 0.3) is 0 Å². The van der Waals surface area contributed by atoms with Gasteiger partial charge in [0.2, 0.25) is 5.91 Å². The maximum Gasteiger partial charge on any atom is 0.217 e. The van der Waals surface area contributed by atoms with Crippen molar-refractivity contribution in [2.45, 2.75) is 110 Å². The number of primary amides is 1. The highest BCUT2D eigenvalue weighted by Gasteiger charge is 1.93. The lowest BCUT2D eigenvalue weighted by molar-refractivity contribution is -0.118. The molecule has 0 heterocycles. The number of hydrogen-bond donors (Lipinski definition) is 1. The first-order valence-corrected chi connectivity index (χ1v) is 9.51. The lowest BCUT2D eigenvalue weighted by atomic mass is 10.0. The molecule has 0 fully saturated rings. The molecule has 0 aliphatic heterocycles. The topological polar surface area (TPSA) is 43.1 Å². The Morgan fingerprint density at radius 2 is 1.09 bits per heavy atom. The lowest BCUT2D eigenvalue weighted by Gasteiger charge is -2.01. The van der Waals surface area contributed by atoms with Crippen molar-refractivity contribution in [1.82, 2.24) is 0 Å². The Labute approximate surface area is 138 Å². The molecule has 0 radical (unpaired) electrons. The zero-order valence-corrected chi connectivity index (χ0v) is 14.8. The van der Waals surface area contributed by atoms with E-state index < -0.39 is 0 Å². The molecule has 1 amide bonds. The van der Waals surface area contributed by atoms with Gasteiger partial charge in [-0.3, -0.25) is 4.79 Å². The quantitative estimate of drug-likeness (QED) is 0.304. The summed E-state index contributed by atoms with van der Waals surface area (Å²) in [4.78, 5) is 10.5. The smallest absolute Gasteiger partial charge is 0.217 e. The molecule has 0 aromatic heterocycles. The zero-order chi connectivity index (χ0) is 16.3. The molecule has 0 unspecified atom stereocenters. The fourth-order valence-electron chi connectivity index (χ4n) is 2.58. The Balaban J connectivity index is 3.08. The van der Waals surface area contributed by atoms with Crippen LogP contribution in [0.3, 0.4) is 0 Å². The van der Waals surface area contributed by atoms with E-state index in [1.807, 2.05) is 0 Å². The SMILES string of the molecule is CCCCCCCCCCCCCCC#CCCCC(N)=O. The molecular weight excluding hydrogens is 270 g/mol. The predicted octanol–water partition coefficient (Wildman–Crippen LogP) is 5.74. The molecule has 0 aromatic rings. The maximum absolute atomic E-state index is 10.5. The van der Waals surface area contributed by atoms with Crippen LogP contribution >= 0.6 is 0 Å². The highest BCUT2D eigenvalue weighted by Crippen LogP contribution is 2.12.